The second-order valence-electron chi connectivity index (χ2n) is 6.59. The Morgan fingerprint density at radius 2 is 1.64 bits per heavy atom. The van der Waals surface area contributed by atoms with Gasteiger partial charge in [-0.1, -0.05) is 0 Å². The molecule has 1 saturated carbocycles. The van der Waals surface area contributed by atoms with Gasteiger partial charge in [0.2, 0.25) is 0 Å². The summed E-state index contributed by atoms with van der Waals surface area (Å²) < 4.78 is 26.3. The Morgan fingerprint density at radius 1 is 0.960 bits per heavy atom. The maximum atomic E-state index is 13.2. The molecule has 0 amide bonds. The highest BCUT2D eigenvalue weighted by atomic mass is 19.3. The van der Waals surface area contributed by atoms with Gasteiger partial charge < -0.3 is 9.80 Å². The van der Waals surface area contributed by atoms with Crippen LogP contribution < -0.4 is 9.80 Å². The minimum absolute atomic E-state index is 0.168. The molecule has 0 radical (unpaired) electrons. The molecule has 1 aliphatic carbocycles. The van der Waals surface area contributed by atoms with E-state index in [9.17, 15) is 8.78 Å². The van der Waals surface area contributed by atoms with Gasteiger partial charge in [-0.2, -0.15) is 5.10 Å². The first kappa shape index (κ1) is 16.1. The van der Waals surface area contributed by atoms with Gasteiger partial charge >= 0.3 is 0 Å². The Morgan fingerprint density at radius 3 is 2.20 bits per heavy atom. The molecule has 0 atom stereocenters. The van der Waals surface area contributed by atoms with Gasteiger partial charge in [0.05, 0.1) is 5.69 Å². The molecule has 3 heterocycles. The minimum Gasteiger partial charge on any atom is -0.353 e. The van der Waals surface area contributed by atoms with Crippen molar-refractivity contribution in [3.05, 3.63) is 35.4 Å². The van der Waals surface area contributed by atoms with Gasteiger partial charge in [0, 0.05) is 38.2 Å². The molecule has 8 heteroatoms. The van der Waals surface area contributed by atoms with Crippen molar-refractivity contribution in [2.45, 2.75) is 32.1 Å². The predicted molar refractivity (Wildman–Crippen MR) is 90.2 cm³/mol. The number of rotatable bonds is 4. The van der Waals surface area contributed by atoms with E-state index in [0.29, 0.717) is 24.7 Å². The molecular weight excluding hydrogens is 326 g/mol. The smallest absolute Gasteiger partial charge is 0.280 e. The highest BCUT2D eigenvalue weighted by Crippen LogP contribution is 2.39. The van der Waals surface area contributed by atoms with Gasteiger partial charge in [0.15, 0.2) is 5.82 Å². The van der Waals surface area contributed by atoms with Gasteiger partial charge in [-0.15, -0.1) is 5.10 Å². The average molecular weight is 346 g/mol. The van der Waals surface area contributed by atoms with Crippen molar-refractivity contribution in [2.75, 3.05) is 36.0 Å². The lowest BCUT2D eigenvalue weighted by atomic mass is 10.2. The van der Waals surface area contributed by atoms with E-state index in [1.54, 1.807) is 0 Å². The largest absolute Gasteiger partial charge is 0.353 e. The summed E-state index contributed by atoms with van der Waals surface area (Å²) in [6, 6.07) is 5.33. The zero-order valence-electron chi connectivity index (χ0n) is 14.1. The van der Waals surface area contributed by atoms with E-state index in [4.69, 9.17) is 0 Å². The van der Waals surface area contributed by atoms with Crippen LogP contribution in [-0.2, 0) is 0 Å². The number of anilines is 2. The number of halogens is 2. The molecule has 2 aromatic rings. The number of aromatic nitrogens is 4. The van der Waals surface area contributed by atoms with Gasteiger partial charge in [0.1, 0.15) is 17.3 Å². The first-order valence-corrected chi connectivity index (χ1v) is 8.57. The maximum Gasteiger partial charge on any atom is 0.280 e. The van der Waals surface area contributed by atoms with Crippen LogP contribution in [0.2, 0.25) is 0 Å². The summed E-state index contributed by atoms with van der Waals surface area (Å²) in [5.74, 6) is 2.28. The second kappa shape index (κ2) is 6.50. The van der Waals surface area contributed by atoms with E-state index in [-0.39, 0.29) is 11.6 Å². The molecule has 0 unspecified atom stereocenters. The molecule has 25 heavy (non-hydrogen) atoms. The number of hydrogen-bond acceptors (Lipinski definition) is 6. The third kappa shape index (κ3) is 3.52. The van der Waals surface area contributed by atoms with Crippen LogP contribution >= 0.6 is 0 Å². The number of aryl methyl sites for hydroxylation is 1. The minimum atomic E-state index is -2.57. The first-order valence-electron chi connectivity index (χ1n) is 8.57. The van der Waals surface area contributed by atoms with Crippen LogP contribution in [0.3, 0.4) is 0 Å². The van der Waals surface area contributed by atoms with E-state index < -0.39 is 6.43 Å². The molecule has 0 N–H and O–H groups in total. The van der Waals surface area contributed by atoms with Crippen molar-refractivity contribution >= 4 is 11.6 Å². The molecule has 0 aromatic carbocycles. The molecule has 2 aromatic heterocycles. The van der Waals surface area contributed by atoms with Crippen LogP contribution in [0.15, 0.2) is 18.2 Å². The quantitative estimate of drug-likeness (QED) is 0.848. The van der Waals surface area contributed by atoms with Crippen LogP contribution in [0, 0.1) is 6.92 Å². The van der Waals surface area contributed by atoms with Crippen molar-refractivity contribution in [2.24, 2.45) is 0 Å². The van der Waals surface area contributed by atoms with Crippen LogP contribution in [0.25, 0.3) is 0 Å². The molecule has 6 nitrogen and oxygen atoms in total. The van der Waals surface area contributed by atoms with E-state index in [2.05, 4.69) is 30.0 Å². The van der Waals surface area contributed by atoms with Crippen molar-refractivity contribution in [1.82, 2.24) is 20.2 Å². The Balaban J connectivity index is 1.49. The van der Waals surface area contributed by atoms with Crippen molar-refractivity contribution in [3.63, 3.8) is 0 Å². The second-order valence-corrected chi connectivity index (χ2v) is 6.59. The summed E-state index contributed by atoms with van der Waals surface area (Å²) in [6.07, 6.45) is -0.582. The number of nitrogens with zero attached hydrogens (tertiary/aromatic N) is 6. The van der Waals surface area contributed by atoms with Crippen LogP contribution in [0.4, 0.5) is 20.4 Å². The standard InChI is InChI=1S/C17H20F2N6/c1-11-2-5-14(23-22-11)24-6-8-25(9-7-24)15-10-13(16(18)19)20-17(21-15)12-3-4-12/h2,5,10,12,16H,3-4,6-9H2,1H3. The van der Waals surface area contributed by atoms with Gasteiger partial charge in [0.25, 0.3) is 6.43 Å². The number of alkyl halides is 2. The molecule has 1 aliphatic heterocycles. The van der Waals surface area contributed by atoms with E-state index in [1.807, 2.05) is 19.1 Å². The molecule has 2 fully saturated rings. The zero-order valence-corrected chi connectivity index (χ0v) is 14.1. The molecule has 1 saturated heterocycles. The van der Waals surface area contributed by atoms with Crippen molar-refractivity contribution in [3.8, 4) is 0 Å². The summed E-state index contributed by atoms with van der Waals surface area (Å²) in [4.78, 5) is 12.8. The summed E-state index contributed by atoms with van der Waals surface area (Å²) >= 11 is 0. The molecule has 2 aliphatic rings. The SMILES string of the molecule is Cc1ccc(N2CCN(c3cc(C(F)F)nc(C4CC4)n3)CC2)nn1. The van der Waals surface area contributed by atoms with E-state index in [0.717, 1.165) is 37.4 Å². The Bertz CT molecular complexity index is 719. The van der Waals surface area contributed by atoms with E-state index >= 15 is 0 Å². The van der Waals surface area contributed by atoms with Gasteiger partial charge in [-0.25, -0.2) is 18.7 Å². The lowest BCUT2D eigenvalue weighted by molar-refractivity contribution is 0.145. The highest BCUT2D eigenvalue weighted by Gasteiger charge is 2.29. The van der Waals surface area contributed by atoms with Gasteiger partial charge in [-0.3, -0.25) is 0 Å². The third-order valence-electron chi connectivity index (χ3n) is 4.63. The monoisotopic (exact) mass is 346 g/mol. The Labute approximate surface area is 144 Å². The summed E-state index contributed by atoms with van der Waals surface area (Å²) in [6.45, 7) is 4.83. The van der Waals surface area contributed by atoms with Crippen LogP contribution in [0.1, 0.15) is 42.4 Å². The Hall–Kier alpha value is -2.38. The average Bonchev–Trinajstić information content (AvgIpc) is 3.47. The fourth-order valence-corrected chi connectivity index (χ4v) is 2.99. The summed E-state index contributed by atoms with van der Waals surface area (Å²) in [5.41, 5.74) is 0.717. The van der Waals surface area contributed by atoms with Crippen LogP contribution in [0.5, 0.6) is 0 Å². The van der Waals surface area contributed by atoms with Crippen molar-refractivity contribution in [1.29, 1.82) is 0 Å². The lowest BCUT2D eigenvalue weighted by Crippen LogP contribution is -2.47. The fraction of sp³-hybridized carbons (Fsp3) is 0.529. The first-order chi connectivity index (χ1) is 12.1. The summed E-state index contributed by atoms with van der Waals surface area (Å²) in [5, 5.41) is 8.31. The highest BCUT2D eigenvalue weighted by molar-refractivity contribution is 5.45. The molecule has 0 spiro atoms. The maximum absolute atomic E-state index is 13.2. The number of hydrogen-bond donors (Lipinski definition) is 0. The molecule has 0 bridgehead atoms. The number of piperazine rings is 1. The van der Waals surface area contributed by atoms with E-state index in [1.165, 1.54) is 6.07 Å². The molecular formula is C17H20F2N6. The lowest BCUT2D eigenvalue weighted by Gasteiger charge is -2.36. The van der Waals surface area contributed by atoms with Crippen LogP contribution in [-0.4, -0.2) is 46.3 Å². The predicted octanol–water partition coefficient (Wildman–Crippen LogP) is 2.72. The summed E-state index contributed by atoms with van der Waals surface area (Å²) in [7, 11) is 0. The third-order valence-corrected chi connectivity index (χ3v) is 4.63. The zero-order chi connectivity index (χ0) is 17.4. The van der Waals surface area contributed by atoms with Gasteiger partial charge in [-0.05, 0) is 31.9 Å². The molecule has 132 valence electrons. The normalized spacial score (nSPS) is 18.1. The molecule has 4 rings (SSSR count). The topological polar surface area (TPSA) is 58.0 Å². The fourth-order valence-electron chi connectivity index (χ4n) is 2.99. The Kier molecular flexibility index (Phi) is 4.19. The van der Waals surface area contributed by atoms with Crippen molar-refractivity contribution < 1.29 is 8.78 Å².